The van der Waals surface area contributed by atoms with E-state index in [1.165, 1.54) is 0 Å². The predicted molar refractivity (Wildman–Crippen MR) is 87.1 cm³/mol. The highest BCUT2D eigenvalue weighted by atomic mass is 16.5. The molecule has 0 aliphatic carbocycles. The molecule has 3 aromatic rings. The molecule has 8 heteroatoms. The monoisotopic (exact) mass is 328 g/mol. The molecule has 8 nitrogen and oxygen atoms in total. The van der Waals surface area contributed by atoms with Crippen molar-refractivity contribution in [2.45, 2.75) is 13.8 Å². The van der Waals surface area contributed by atoms with Gasteiger partial charge in [-0.2, -0.15) is 0 Å². The van der Waals surface area contributed by atoms with Gasteiger partial charge in [0.1, 0.15) is 17.3 Å². The first kappa shape index (κ1) is 15.6. The fraction of sp³-hybridized carbons (Fsp3) is 0.188. The molecule has 0 atom stereocenters. The van der Waals surface area contributed by atoms with E-state index in [0.29, 0.717) is 22.8 Å². The van der Waals surface area contributed by atoms with Gasteiger partial charge in [0.25, 0.3) is 5.89 Å². The van der Waals surface area contributed by atoms with Crippen molar-refractivity contribution in [2.75, 3.05) is 17.7 Å². The number of ether oxygens (including phenoxy) is 1. The van der Waals surface area contributed by atoms with E-state index >= 15 is 0 Å². The number of carbonyl (C=O) groups excluding carboxylic acids is 1. The number of nitrogens with one attached hydrogen (secondary N) is 2. The number of aromatic nitrogens is 2. The molecule has 0 fully saturated rings. The Morgan fingerprint density at radius 2 is 1.96 bits per heavy atom. The van der Waals surface area contributed by atoms with Crippen LogP contribution in [-0.4, -0.2) is 23.3 Å². The van der Waals surface area contributed by atoms with Gasteiger partial charge in [-0.1, -0.05) is 11.2 Å². The number of anilines is 2. The molecule has 0 unspecified atom stereocenters. The minimum Gasteiger partial charge on any atom is -0.497 e. The SMILES string of the molecule is COc1cccc(NC(=O)Nc2nnc(-c3cc(C)oc3C)o2)c1. The Labute approximate surface area is 137 Å². The van der Waals surface area contributed by atoms with Crippen LogP contribution in [0.1, 0.15) is 11.5 Å². The number of aryl methyl sites for hydroxylation is 2. The maximum absolute atomic E-state index is 12.0. The van der Waals surface area contributed by atoms with Crippen molar-refractivity contribution in [1.82, 2.24) is 10.2 Å². The zero-order chi connectivity index (χ0) is 17.1. The molecule has 0 spiro atoms. The topological polar surface area (TPSA) is 102 Å². The lowest BCUT2D eigenvalue weighted by Gasteiger charge is -2.06. The average Bonchev–Trinajstić information content (AvgIpc) is 3.13. The zero-order valence-electron chi connectivity index (χ0n) is 13.4. The molecule has 2 N–H and O–H groups in total. The van der Waals surface area contributed by atoms with Crippen molar-refractivity contribution in [3.63, 3.8) is 0 Å². The zero-order valence-corrected chi connectivity index (χ0v) is 13.4. The summed E-state index contributed by atoms with van der Waals surface area (Å²) < 4.78 is 16.0. The molecule has 1 aromatic carbocycles. The van der Waals surface area contributed by atoms with Crippen LogP contribution < -0.4 is 15.4 Å². The molecule has 3 rings (SSSR count). The van der Waals surface area contributed by atoms with Gasteiger partial charge in [-0.3, -0.25) is 5.32 Å². The molecule has 0 aliphatic rings. The molecule has 0 saturated carbocycles. The number of urea groups is 1. The summed E-state index contributed by atoms with van der Waals surface area (Å²) in [5.74, 6) is 2.33. The quantitative estimate of drug-likeness (QED) is 0.758. The van der Waals surface area contributed by atoms with Gasteiger partial charge in [-0.05, 0) is 32.0 Å². The maximum atomic E-state index is 12.0. The lowest BCUT2D eigenvalue weighted by molar-refractivity contribution is 0.261. The molecule has 0 radical (unpaired) electrons. The molecule has 24 heavy (non-hydrogen) atoms. The smallest absolute Gasteiger partial charge is 0.327 e. The van der Waals surface area contributed by atoms with E-state index in [1.54, 1.807) is 44.4 Å². The highest BCUT2D eigenvalue weighted by molar-refractivity contribution is 5.98. The standard InChI is InChI=1S/C16H16N4O4/c1-9-7-13(10(2)23-9)14-19-20-16(24-14)18-15(21)17-11-5-4-6-12(8-11)22-3/h4-8H,1-3H3,(H2,17,18,20,21). The summed E-state index contributed by atoms with van der Waals surface area (Å²) in [4.78, 5) is 12.0. The maximum Gasteiger partial charge on any atom is 0.327 e. The molecule has 2 aromatic heterocycles. The Morgan fingerprint density at radius 3 is 2.67 bits per heavy atom. The van der Waals surface area contributed by atoms with Crippen molar-refractivity contribution < 1.29 is 18.4 Å². The molecule has 0 bridgehead atoms. The minimum atomic E-state index is -0.501. The number of rotatable bonds is 4. The highest BCUT2D eigenvalue weighted by Crippen LogP contribution is 2.26. The molecule has 2 amide bonds. The Kier molecular flexibility index (Phi) is 4.19. The summed E-state index contributed by atoms with van der Waals surface area (Å²) in [6.07, 6.45) is 0. The number of hydrogen-bond donors (Lipinski definition) is 2. The van der Waals surface area contributed by atoms with E-state index in [0.717, 1.165) is 5.76 Å². The van der Waals surface area contributed by atoms with Crippen molar-refractivity contribution in [2.24, 2.45) is 0 Å². The van der Waals surface area contributed by atoms with Crippen LogP contribution in [0, 0.1) is 13.8 Å². The van der Waals surface area contributed by atoms with E-state index in [1.807, 2.05) is 6.92 Å². The van der Waals surface area contributed by atoms with Gasteiger partial charge in [-0.15, -0.1) is 5.10 Å². The van der Waals surface area contributed by atoms with Crippen LogP contribution in [-0.2, 0) is 0 Å². The molecule has 124 valence electrons. The van der Waals surface area contributed by atoms with E-state index in [-0.39, 0.29) is 11.9 Å². The number of benzene rings is 1. The number of hydrogen-bond acceptors (Lipinski definition) is 6. The van der Waals surface area contributed by atoms with Gasteiger partial charge in [0.2, 0.25) is 0 Å². The Hall–Kier alpha value is -3.29. The summed E-state index contributed by atoms with van der Waals surface area (Å²) in [5.41, 5.74) is 1.27. The minimum absolute atomic E-state index is 0.0105. The first-order valence-corrected chi connectivity index (χ1v) is 7.18. The third-order valence-corrected chi connectivity index (χ3v) is 3.24. The van der Waals surface area contributed by atoms with Crippen LogP contribution in [0.4, 0.5) is 16.5 Å². The normalized spacial score (nSPS) is 10.5. The first-order valence-electron chi connectivity index (χ1n) is 7.18. The van der Waals surface area contributed by atoms with Crippen LogP contribution >= 0.6 is 0 Å². The summed E-state index contributed by atoms with van der Waals surface area (Å²) in [7, 11) is 1.55. The summed E-state index contributed by atoms with van der Waals surface area (Å²) >= 11 is 0. The third kappa shape index (κ3) is 3.37. The Balaban J connectivity index is 1.68. The van der Waals surface area contributed by atoms with E-state index < -0.39 is 6.03 Å². The molecular weight excluding hydrogens is 312 g/mol. The van der Waals surface area contributed by atoms with E-state index in [9.17, 15) is 4.79 Å². The number of nitrogens with zero attached hydrogens (tertiary/aromatic N) is 2. The van der Waals surface area contributed by atoms with Crippen molar-refractivity contribution in [3.05, 3.63) is 41.9 Å². The van der Waals surface area contributed by atoms with Gasteiger partial charge in [0.05, 0.1) is 12.7 Å². The van der Waals surface area contributed by atoms with Crippen molar-refractivity contribution in [3.8, 4) is 17.2 Å². The second-order valence-electron chi connectivity index (χ2n) is 5.05. The third-order valence-electron chi connectivity index (χ3n) is 3.24. The first-order chi connectivity index (χ1) is 11.5. The van der Waals surface area contributed by atoms with Gasteiger partial charge in [0.15, 0.2) is 0 Å². The average molecular weight is 328 g/mol. The van der Waals surface area contributed by atoms with Crippen LogP contribution in [0.2, 0.25) is 0 Å². The van der Waals surface area contributed by atoms with Crippen LogP contribution in [0.15, 0.2) is 39.2 Å². The lowest BCUT2D eigenvalue weighted by Crippen LogP contribution is -2.19. The van der Waals surface area contributed by atoms with Gasteiger partial charge < -0.3 is 18.9 Å². The summed E-state index contributed by atoms with van der Waals surface area (Å²) in [5, 5.41) is 12.8. The lowest BCUT2D eigenvalue weighted by atomic mass is 10.2. The van der Waals surface area contributed by atoms with Gasteiger partial charge in [0, 0.05) is 11.8 Å². The van der Waals surface area contributed by atoms with Crippen molar-refractivity contribution in [1.29, 1.82) is 0 Å². The molecular formula is C16H16N4O4. The summed E-state index contributed by atoms with van der Waals surface area (Å²) in [6, 6.07) is 8.26. The Morgan fingerprint density at radius 1 is 1.12 bits per heavy atom. The highest BCUT2D eigenvalue weighted by Gasteiger charge is 2.16. The number of carbonyl (C=O) groups is 1. The fourth-order valence-electron chi connectivity index (χ4n) is 2.19. The number of methoxy groups -OCH3 is 1. The largest absolute Gasteiger partial charge is 0.497 e. The second kappa shape index (κ2) is 6.45. The number of amides is 2. The fourth-order valence-corrected chi connectivity index (χ4v) is 2.19. The van der Waals surface area contributed by atoms with E-state index in [2.05, 4.69) is 20.8 Å². The molecule has 0 saturated heterocycles. The second-order valence-corrected chi connectivity index (χ2v) is 5.05. The molecule has 2 heterocycles. The summed E-state index contributed by atoms with van der Waals surface area (Å²) in [6.45, 7) is 3.63. The molecule has 0 aliphatic heterocycles. The number of furan rings is 1. The van der Waals surface area contributed by atoms with Crippen molar-refractivity contribution >= 4 is 17.7 Å². The van der Waals surface area contributed by atoms with Crippen LogP contribution in [0.5, 0.6) is 5.75 Å². The van der Waals surface area contributed by atoms with Crippen LogP contribution in [0.25, 0.3) is 11.5 Å². The van der Waals surface area contributed by atoms with Gasteiger partial charge in [-0.25, -0.2) is 4.79 Å². The van der Waals surface area contributed by atoms with Crippen LogP contribution in [0.3, 0.4) is 0 Å². The van der Waals surface area contributed by atoms with Gasteiger partial charge >= 0.3 is 12.0 Å². The van der Waals surface area contributed by atoms with E-state index in [4.69, 9.17) is 13.6 Å². The predicted octanol–water partition coefficient (Wildman–Crippen LogP) is 3.60. The Bertz CT molecular complexity index is 869.